The van der Waals surface area contributed by atoms with Gasteiger partial charge in [-0.05, 0) is 24.8 Å². The number of rotatable bonds is 5. The second kappa shape index (κ2) is 5.10. The van der Waals surface area contributed by atoms with Crippen LogP contribution < -0.4 is 5.73 Å². The number of hydrogen-bond acceptors (Lipinski definition) is 3. The van der Waals surface area contributed by atoms with E-state index in [1.54, 1.807) is 6.33 Å². The standard InChI is InChI=1S/C10H20N4/c1-8(2)4-9(6-11)5-10-13-12-7-14(10)3/h7-9H,4-6,11H2,1-3H3/t9-/m0/s1. The van der Waals surface area contributed by atoms with Crippen LogP contribution in [0.25, 0.3) is 0 Å². The molecular weight excluding hydrogens is 176 g/mol. The van der Waals surface area contributed by atoms with Gasteiger partial charge < -0.3 is 10.3 Å². The summed E-state index contributed by atoms with van der Waals surface area (Å²) in [5.74, 6) is 2.25. The lowest BCUT2D eigenvalue weighted by Gasteiger charge is -2.15. The molecule has 1 atom stereocenters. The lowest BCUT2D eigenvalue weighted by Crippen LogP contribution is -2.20. The van der Waals surface area contributed by atoms with Crippen LogP contribution in [-0.4, -0.2) is 21.3 Å². The summed E-state index contributed by atoms with van der Waals surface area (Å²) < 4.78 is 1.96. The molecule has 80 valence electrons. The highest BCUT2D eigenvalue weighted by molar-refractivity contribution is 4.87. The molecule has 0 unspecified atom stereocenters. The summed E-state index contributed by atoms with van der Waals surface area (Å²) in [5.41, 5.74) is 5.73. The Morgan fingerprint density at radius 3 is 2.64 bits per heavy atom. The van der Waals surface area contributed by atoms with E-state index in [0.717, 1.165) is 25.2 Å². The van der Waals surface area contributed by atoms with Crippen LogP contribution >= 0.6 is 0 Å². The first kappa shape index (κ1) is 11.2. The van der Waals surface area contributed by atoms with Crippen molar-refractivity contribution in [3.05, 3.63) is 12.2 Å². The molecule has 14 heavy (non-hydrogen) atoms. The van der Waals surface area contributed by atoms with Crippen molar-refractivity contribution in [3.63, 3.8) is 0 Å². The monoisotopic (exact) mass is 196 g/mol. The molecule has 1 aromatic heterocycles. The van der Waals surface area contributed by atoms with Gasteiger partial charge in [-0.25, -0.2) is 0 Å². The minimum atomic E-state index is 0.526. The van der Waals surface area contributed by atoms with Crippen LogP contribution in [0.2, 0.25) is 0 Å². The summed E-state index contributed by atoms with van der Waals surface area (Å²) in [6.07, 6.45) is 3.83. The Balaban J connectivity index is 2.52. The largest absolute Gasteiger partial charge is 0.330 e. The number of aromatic nitrogens is 3. The van der Waals surface area contributed by atoms with E-state index in [4.69, 9.17) is 5.73 Å². The van der Waals surface area contributed by atoms with E-state index < -0.39 is 0 Å². The van der Waals surface area contributed by atoms with Gasteiger partial charge >= 0.3 is 0 Å². The first-order valence-corrected chi connectivity index (χ1v) is 5.16. The van der Waals surface area contributed by atoms with Gasteiger partial charge in [0, 0.05) is 13.5 Å². The van der Waals surface area contributed by atoms with Gasteiger partial charge in [-0.3, -0.25) is 0 Å². The van der Waals surface area contributed by atoms with E-state index >= 15 is 0 Å². The first-order valence-electron chi connectivity index (χ1n) is 5.16. The fourth-order valence-electron chi connectivity index (χ4n) is 1.68. The van der Waals surface area contributed by atoms with Crippen LogP contribution in [0.5, 0.6) is 0 Å². The highest BCUT2D eigenvalue weighted by atomic mass is 15.2. The van der Waals surface area contributed by atoms with Gasteiger partial charge in [-0.2, -0.15) is 0 Å². The lowest BCUT2D eigenvalue weighted by molar-refractivity contribution is 0.405. The van der Waals surface area contributed by atoms with E-state index in [1.807, 2.05) is 11.6 Å². The molecule has 0 saturated carbocycles. The molecule has 2 N–H and O–H groups in total. The third-order valence-electron chi connectivity index (χ3n) is 2.41. The van der Waals surface area contributed by atoms with Crippen LogP contribution in [0.15, 0.2) is 6.33 Å². The van der Waals surface area contributed by atoms with E-state index in [-0.39, 0.29) is 0 Å². The van der Waals surface area contributed by atoms with Crippen molar-refractivity contribution < 1.29 is 0 Å². The Morgan fingerprint density at radius 2 is 2.21 bits per heavy atom. The first-order chi connectivity index (χ1) is 6.63. The van der Waals surface area contributed by atoms with Gasteiger partial charge in [0.1, 0.15) is 12.2 Å². The van der Waals surface area contributed by atoms with Crippen molar-refractivity contribution in [2.45, 2.75) is 26.7 Å². The number of nitrogens with zero attached hydrogens (tertiary/aromatic N) is 3. The third kappa shape index (κ3) is 3.10. The minimum absolute atomic E-state index is 0.526. The predicted octanol–water partition coefficient (Wildman–Crippen LogP) is 0.979. The second-order valence-corrected chi connectivity index (χ2v) is 4.29. The lowest BCUT2D eigenvalue weighted by atomic mass is 9.94. The minimum Gasteiger partial charge on any atom is -0.330 e. The van der Waals surface area contributed by atoms with Crippen LogP contribution in [-0.2, 0) is 13.5 Å². The molecule has 0 amide bonds. The predicted molar refractivity (Wildman–Crippen MR) is 56.7 cm³/mol. The van der Waals surface area contributed by atoms with Gasteiger partial charge in [0.05, 0.1) is 0 Å². The molecule has 0 aliphatic heterocycles. The zero-order valence-corrected chi connectivity index (χ0v) is 9.27. The van der Waals surface area contributed by atoms with E-state index in [0.29, 0.717) is 11.8 Å². The fraction of sp³-hybridized carbons (Fsp3) is 0.800. The molecule has 0 aliphatic rings. The fourth-order valence-corrected chi connectivity index (χ4v) is 1.68. The van der Waals surface area contributed by atoms with Crippen molar-refractivity contribution >= 4 is 0 Å². The van der Waals surface area contributed by atoms with Gasteiger partial charge in [0.25, 0.3) is 0 Å². The molecule has 4 nitrogen and oxygen atoms in total. The summed E-state index contributed by atoms with van der Waals surface area (Å²) in [6, 6.07) is 0. The van der Waals surface area contributed by atoms with E-state index in [1.165, 1.54) is 0 Å². The maximum atomic E-state index is 5.73. The van der Waals surface area contributed by atoms with Gasteiger partial charge in [0.15, 0.2) is 0 Å². The molecule has 0 fully saturated rings. The van der Waals surface area contributed by atoms with Crippen LogP contribution in [0.1, 0.15) is 26.1 Å². The van der Waals surface area contributed by atoms with Gasteiger partial charge in [-0.15, -0.1) is 10.2 Å². The molecule has 0 spiro atoms. The zero-order valence-electron chi connectivity index (χ0n) is 9.27. The molecule has 1 aromatic rings. The average molecular weight is 196 g/mol. The van der Waals surface area contributed by atoms with Crippen LogP contribution in [0, 0.1) is 11.8 Å². The quantitative estimate of drug-likeness (QED) is 0.763. The SMILES string of the molecule is CC(C)C[C@H](CN)Cc1nncn1C. The Kier molecular flexibility index (Phi) is 4.07. The average Bonchev–Trinajstić information content (AvgIpc) is 2.50. The van der Waals surface area contributed by atoms with E-state index in [9.17, 15) is 0 Å². The molecule has 0 radical (unpaired) electrons. The Morgan fingerprint density at radius 1 is 1.50 bits per heavy atom. The van der Waals surface area contributed by atoms with Crippen molar-refractivity contribution in [2.24, 2.45) is 24.6 Å². The van der Waals surface area contributed by atoms with E-state index in [2.05, 4.69) is 24.0 Å². The topological polar surface area (TPSA) is 56.7 Å². The highest BCUT2D eigenvalue weighted by Gasteiger charge is 2.12. The second-order valence-electron chi connectivity index (χ2n) is 4.29. The maximum Gasteiger partial charge on any atom is 0.132 e. The molecule has 1 heterocycles. The Labute approximate surface area is 85.5 Å². The molecule has 0 aliphatic carbocycles. The number of hydrogen-bond donors (Lipinski definition) is 1. The summed E-state index contributed by atoms with van der Waals surface area (Å²) >= 11 is 0. The van der Waals surface area contributed by atoms with Crippen molar-refractivity contribution in [1.29, 1.82) is 0 Å². The number of aryl methyl sites for hydroxylation is 1. The molecule has 4 heteroatoms. The Bertz CT molecular complexity index is 267. The summed E-state index contributed by atoms with van der Waals surface area (Å²) in [6.45, 7) is 5.17. The van der Waals surface area contributed by atoms with Crippen molar-refractivity contribution in [3.8, 4) is 0 Å². The number of nitrogens with two attached hydrogens (primary N) is 1. The van der Waals surface area contributed by atoms with Crippen molar-refractivity contribution in [2.75, 3.05) is 6.54 Å². The van der Waals surface area contributed by atoms with Gasteiger partial charge in [0.2, 0.25) is 0 Å². The van der Waals surface area contributed by atoms with Crippen LogP contribution in [0.4, 0.5) is 0 Å². The van der Waals surface area contributed by atoms with Crippen molar-refractivity contribution in [1.82, 2.24) is 14.8 Å². The molecule has 0 saturated heterocycles. The van der Waals surface area contributed by atoms with Gasteiger partial charge in [-0.1, -0.05) is 13.8 Å². The molecule has 0 aromatic carbocycles. The molecule has 1 rings (SSSR count). The molecule has 0 bridgehead atoms. The normalized spacial score (nSPS) is 13.5. The molecular formula is C10H20N4. The third-order valence-corrected chi connectivity index (χ3v) is 2.41. The maximum absolute atomic E-state index is 5.73. The summed E-state index contributed by atoms with van der Waals surface area (Å²) in [4.78, 5) is 0. The van der Waals surface area contributed by atoms with Crippen LogP contribution in [0.3, 0.4) is 0 Å². The Hall–Kier alpha value is -0.900. The zero-order chi connectivity index (χ0) is 10.6. The summed E-state index contributed by atoms with van der Waals surface area (Å²) in [5, 5.41) is 7.93. The summed E-state index contributed by atoms with van der Waals surface area (Å²) in [7, 11) is 1.97. The smallest absolute Gasteiger partial charge is 0.132 e. The highest BCUT2D eigenvalue weighted by Crippen LogP contribution is 2.14.